The molecule has 0 fully saturated rings. The molecule has 138 valence electrons. The fourth-order valence-electron chi connectivity index (χ4n) is 2.52. The van der Waals surface area contributed by atoms with Gasteiger partial charge < -0.3 is 4.74 Å². The number of nitrogens with zero attached hydrogens (tertiary/aromatic N) is 2. The van der Waals surface area contributed by atoms with E-state index in [9.17, 15) is 4.39 Å². The van der Waals surface area contributed by atoms with Gasteiger partial charge in [-0.05, 0) is 42.0 Å². The molecule has 0 saturated heterocycles. The van der Waals surface area contributed by atoms with Gasteiger partial charge in [0.1, 0.15) is 17.3 Å². The molecule has 1 aromatic heterocycles. The molecule has 3 aromatic carbocycles. The monoisotopic (exact) mass is 389 g/mol. The lowest BCUT2D eigenvalue weighted by molar-refractivity contribution is 0.477. The van der Waals surface area contributed by atoms with E-state index in [0.717, 1.165) is 22.0 Å². The maximum atomic E-state index is 13.2. The molecule has 0 unspecified atom stereocenters. The molecule has 0 radical (unpaired) electrons. The van der Waals surface area contributed by atoms with Gasteiger partial charge in [-0.1, -0.05) is 36.4 Å². The van der Waals surface area contributed by atoms with Crippen molar-refractivity contribution in [2.24, 2.45) is 5.10 Å². The Balaban J connectivity index is 1.35. The van der Waals surface area contributed by atoms with Crippen LogP contribution in [0.25, 0.3) is 11.3 Å². The van der Waals surface area contributed by atoms with Crippen LogP contribution >= 0.6 is 11.3 Å². The van der Waals surface area contributed by atoms with Gasteiger partial charge >= 0.3 is 0 Å². The van der Waals surface area contributed by atoms with Gasteiger partial charge in [0.05, 0.1) is 11.9 Å². The first kappa shape index (κ1) is 17.9. The summed E-state index contributed by atoms with van der Waals surface area (Å²) < 4.78 is 18.8. The number of benzene rings is 3. The van der Waals surface area contributed by atoms with E-state index >= 15 is 0 Å². The Kier molecular flexibility index (Phi) is 5.40. The fraction of sp³-hybridized carbons (Fsp3) is 0. The van der Waals surface area contributed by atoms with Crippen molar-refractivity contribution in [1.29, 1.82) is 0 Å². The van der Waals surface area contributed by atoms with Crippen LogP contribution in [0, 0.1) is 5.82 Å². The second-order valence-electron chi connectivity index (χ2n) is 5.90. The van der Waals surface area contributed by atoms with E-state index in [1.165, 1.54) is 23.5 Å². The standard InChI is InChI=1S/C22H16FN3OS/c23-18-7-4-8-20(13-18)27-19-11-9-16(10-12-19)14-24-26-22-25-21(15-28-22)17-5-2-1-3-6-17/h1-15H,(H,25,26). The molecule has 4 nitrogen and oxygen atoms in total. The van der Waals surface area contributed by atoms with Gasteiger partial charge in [-0.2, -0.15) is 5.10 Å². The van der Waals surface area contributed by atoms with Gasteiger partial charge in [0.2, 0.25) is 5.13 Å². The SMILES string of the molecule is Fc1cccc(Oc2ccc(C=NNc3nc(-c4ccccc4)cs3)cc2)c1. The third-order valence-corrected chi connectivity index (χ3v) is 4.61. The summed E-state index contributed by atoms with van der Waals surface area (Å²) in [6.07, 6.45) is 1.70. The first-order chi connectivity index (χ1) is 13.8. The van der Waals surface area contributed by atoms with Crippen LogP contribution in [0.4, 0.5) is 9.52 Å². The van der Waals surface area contributed by atoms with Crippen molar-refractivity contribution in [2.45, 2.75) is 0 Å². The molecule has 0 aliphatic rings. The Hall–Kier alpha value is -3.51. The second-order valence-corrected chi connectivity index (χ2v) is 6.76. The van der Waals surface area contributed by atoms with Gasteiger partial charge in [0.25, 0.3) is 0 Å². The number of hydrogen-bond donors (Lipinski definition) is 1. The largest absolute Gasteiger partial charge is 0.457 e. The predicted molar refractivity (Wildman–Crippen MR) is 112 cm³/mol. The quantitative estimate of drug-likeness (QED) is 0.316. The highest BCUT2D eigenvalue weighted by Gasteiger charge is 2.03. The molecule has 0 bridgehead atoms. The highest BCUT2D eigenvalue weighted by atomic mass is 32.1. The number of aromatic nitrogens is 1. The van der Waals surface area contributed by atoms with E-state index in [1.54, 1.807) is 18.3 Å². The average Bonchev–Trinajstić information content (AvgIpc) is 3.19. The fourth-order valence-corrected chi connectivity index (χ4v) is 3.19. The molecule has 1 N–H and O–H groups in total. The van der Waals surface area contributed by atoms with Crippen LogP contribution in [0.15, 0.2) is 89.3 Å². The minimum absolute atomic E-state index is 0.329. The normalized spacial score (nSPS) is 10.9. The molecule has 0 spiro atoms. The second kappa shape index (κ2) is 8.45. The molecule has 4 rings (SSSR count). The number of hydrazone groups is 1. The van der Waals surface area contributed by atoms with E-state index in [2.05, 4.69) is 15.5 Å². The zero-order valence-electron chi connectivity index (χ0n) is 14.7. The molecule has 0 aliphatic heterocycles. The number of nitrogens with one attached hydrogen (secondary N) is 1. The van der Waals surface area contributed by atoms with Crippen molar-refractivity contribution in [1.82, 2.24) is 4.98 Å². The highest BCUT2D eigenvalue weighted by molar-refractivity contribution is 7.14. The number of thiazole rings is 1. The number of hydrogen-bond acceptors (Lipinski definition) is 5. The first-order valence-corrected chi connectivity index (χ1v) is 9.48. The highest BCUT2D eigenvalue weighted by Crippen LogP contribution is 2.25. The Labute approximate surface area is 166 Å². The number of ether oxygens (including phenoxy) is 1. The lowest BCUT2D eigenvalue weighted by atomic mass is 10.2. The Bertz CT molecular complexity index is 1080. The van der Waals surface area contributed by atoms with Crippen LogP contribution < -0.4 is 10.2 Å². The smallest absolute Gasteiger partial charge is 0.203 e. The topological polar surface area (TPSA) is 46.5 Å². The van der Waals surface area contributed by atoms with Gasteiger partial charge in [-0.3, -0.25) is 5.43 Å². The van der Waals surface area contributed by atoms with E-state index in [0.29, 0.717) is 11.5 Å². The Morgan fingerprint density at radius 2 is 1.75 bits per heavy atom. The van der Waals surface area contributed by atoms with Crippen LogP contribution in [0.1, 0.15) is 5.56 Å². The summed E-state index contributed by atoms with van der Waals surface area (Å²) in [4.78, 5) is 4.52. The van der Waals surface area contributed by atoms with E-state index in [-0.39, 0.29) is 5.82 Å². The maximum Gasteiger partial charge on any atom is 0.203 e. The summed E-state index contributed by atoms with van der Waals surface area (Å²) in [6, 6.07) is 23.4. The maximum absolute atomic E-state index is 13.2. The Morgan fingerprint density at radius 3 is 2.54 bits per heavy atom. The zero-order valence-corrected chi connectivity index (χ0v) is 15.6. The summed E-state index contributed by atoms with van der Waals surface area (Å²) in [6.45, 7) is 0. The van der Waals surface area contributed by atoms with Crippen molar-refractivity contribution < 1.29 is 9.13 Å². The molecule has 4 aromatic rings. The van der Waals surface area contributed by atoms with Crippen molar-refractivity contribution in [3.63, 3.8) is 0 Å². The number of anilines is 1. The number of halogens is 1. The average molecular weight is 389 g/mol. The van der Waals surface area contributed by atoms with Crippen LogP contribution in [-0.2, 0) is 0 Å². The van der Waals surface area contributed by atoms with Crippen LogP contribution in [0.3, 0.4) is 0 Å². The summed E-state index contributed by atoms with van der Waals surface area (Å²) in [5.74, 6) is 0.758. The molecule has 0 amide bonds. The van der Waals surface area contributed by atoms with Gasteiger partial charge in [0, 0.05) is 17.0 Å². The Morgan fingerprint density at radius 1 is 0.929 bits per heavy atom. The van der Waals surface area contributed by atoms with Crippen molar-refractivity contribution in [3.8, 4) is 22.8 Å². The summed E-state index contributed by atoms with van der Waals surface area (Å²) >= 11 is 1.50. The molecule has 28 heavy (non-hydrogen) atoms. The molecule has 1 heterocycles. The minimum atomic E-state index is -0.329. The van der Waals surface area contributed by atoms with Crippen molar-refractivity contribution in [2.75, 3.05) is 5.43 Å². The summed E-state index contributed by atoms with van der Waals surface area (Å²) in [5.41, 5.74) is 5.84. The van der Waals surface area contributed by atoms with Crippen LogP contribution in [-0.4, -0.2) is 11.2 Å². The first-order valence-electron chi connectivity index (χ1n) is 8.60. The predicted octanol–water partition coefficient (Wildman–Crippen LogP) is 6.19. The minimum Gasteiger partial charge on any atom is -0.457 e. The third kappa shape index (κ3) is 4.61. The lowest BCUT2D eigenvalue weighted by Gasteiger charge is -2.05. The van der Waals surface area contributed by atoms with Crippen LogP contribution in [0.5, 0.6) is 11.5 Å². The molecular formula is C22H16FN3OS. The molecular weight excluding hydrogens is 373 g/mol. The van der Waals surface area contributed by atoms with E-state index < -0.39 is 0 Å². The van der Waals surface area contributed by atoms with Crippen LogP contribution in [0.2, 0.25) is 0 Å². The van der Waals surface area contributed by atoms with Crippen molar-refractivity contribution >= 4 is 22.7 Å². The van der Waals surface area contributed by atoms with Gasteiger partial charge in [-0.25, -0.2) is 9.37 Å². The molecule has 6 heteroatoms. The number of rotatable bonds is 6. The molecule has 0 aliphatic carbocycles. The van der Waals surface area contributed by atoms with Gasteiger partial charge in [-0.15, -0.1) is 11.3 Å². The summed E-state index contributed by atoms with van der Waals surface area (Å²) in [7, 11) is 0. The third-order valence-electron chi connectivity index (χ3n) is 3.86. The van der Waals surface area contributed by atoms with Gasteiger partial charge in [0.15, 0.2) is 0 Å². The van der Waals surface area contributed by atoms with E-state index in [4.69, 9.17) is 4.74 Å². The summed E-state index contributed by atoms with van der Waals surface area (Å²) in [5, 5.41) is 6.94. The zero-order chi connectivity index (χ0) is 19.2. The van der Waals surface area contributed by atoms with E-state index in [1.807, 2.05) is 60.0 Å². The molecule has 0 saturated carbocycles. The lowest BCUT2D eigenvalue weighted by Crippen LogP contribution is -1.91. The molecule has 0 atom stereocenters. The van der Waals surface area contributed by atoms with Crippen molar-refractivity contribution in [3.05, 3.63) is 95.6 Å².